The van der Waals surface area contributed by atoms with Crippen molar-refractivity contribution < 1.29 is 44.5 Å². The van der Waals surface area contributed by atoms with Gasteiger partial charge in [-0.3, -0.25) is 4.79 Å². The van der Waals surface area contributed by atoms with Gasteiger partial charge in [0.2, 0.25) is 0 Å². The first-order valence-corrected chi connectivity index (χ1v) is 16.1. The Morgan fingerprint density at radius 1 is 0.878 bits per heavy atom. The molecule has 0 bridgehead atoms. The molecule has 0 saturated carbocycles. The van der Waals surface area contributed by atoms with Gasteiger partial charge in [0.05, 0.1) is 19.4 Å². The Kier molecular flexibility index (Phi) is 8.94. The molecule has 49 heavy (non-hydrogen) atoms. The van der Waals surface area contributed by atoms with Crippen molar-refractivity contribution in [2.75, 3.05) is 7.11 Å². The van der Waals surface area contributed by atoms with Crippen LogP contribution in [-0.4, -0.2) is 38.4 Å². The first-order chi connectivity index (χ1) is 23.4. The number of fused-ring (bicyclic) bond motifs is 2. The van der Waals surface area contributed by atoms with Gasteiger partial charge in [0.15, 0.2) is 5.78 Å². The molecule has 2 aliphatic rings. The van der Waals surface area contributed by atoms with Gasteiger partial charge in [-0.1, -0.05) is 35.9 Å². The van der Waals surface area contributed by atoms with E-state index in [0.717, 1.165) is 11.1 Å². The van der Waals surface area contributed by atoms with Crippen LogP contribution in [0.25, 0.3) is 0 Å². The molecule has 254 valence electrons. The van der Waals surface area contributed by atoms with E-state index in [2.05, 4.69) is 12.7 Å². The third kappa shape index (κ3) is 6.36. The van der Waals surface area contributed by atoms with Crippen LogP contribution in [0, 0.1) is 5.92 Å². The van der Waals surface area contributed by atoms with Crippen LogP contribution in [-0.2, 0) is 6.42 Å². The number of carbonyl (C=O) groups is 1. The number of carbonyl (C=O) groups excluding carboxylic acids is 1. The molecule has 0 radical (unpaired) electrons. The van der Waals surface area contributed by atoms with Crippen molar-refractivity contribution in [3.63, 3.8) is 0 Å². The van der Waals surface area contributed by atoms with Gasteiger partial charge >= 0.3 is 0 Å². The number of allylic oxidation sites excluding steroid dienone is 3. The molecule has 2 heterocycles. The lowest BCUT2D eigenvalue weighted by Gasteiger charge is -2.31. The lowest BCUT2D eigenvalue weighted by molar-refractivity contribution is 0.0838. The molecule has 0 spiro atoms. The Hall–Kier alpha value is -5.57. The smallest absolute Gasteiger partial charge is 0.174 e. The summed E-state index contributed by atoms with van der Waals surface area (Å²) >= 11 is 0. The van der Waals surface area contributed by atoms with E-state index < -0.39 is 18.1 Å². The highest BCUT2D eigenvalue weighted by molar-refractivity contribution is 6.04. The van der Waals surface area contributed by atoms with Gasteiger partial charge in [-0.15, -0.1) is 0 Å². The first-order valence-electron chi connectivity index (χ1n) is 16.1. The van der Waals surface area contributed by atoms with Crippen molar-refractivity contribution in [2.24, 2.45) is 5.92 Å². The van der Waals surface area contributed by atoms with Crippen LogP contribution in [0.15, 0.2) is 84.5 Å². The van der Waals surface area contributed by atoms with Crippen LogP contribution >= 0.6 is 0 Å². The summed E-state index contributed by atoms with van der Waals surface area (Å²) < 4.78 is 19.0. The van der Waals surface area contributed by atoms with E-state index in [9.17, 15) is 30.3 Å². The number of phenolic OH excluding ortho intramolecular Hbond substituents is 5. The van der Waals surface area contributed by atoms with Crippen LogP contribution in [0.1, 0.15) is 89.9 Å². The van der Waals surface area contributed by atoms with Crippen LogP contribution in [0.3, 0.4) is 0 Å². The average molecular weight is 665 g/mol. The van der Waals surface area contributed by atoms with Crippen LogP contribution < -0.4 is 14.2 Å². The number of aromatic hydroxyl groups is 5. The Labute approximate surface area is 285 Å². The summed E-state index contributed by atoms with van der Waals surface area (Å²) in [4.78, 5) is 14.2. The summed E-state index contributed by atoms with van der Waals surface area (Å²) in [5, 5.41) is 53.3. The topological polar surface area (TPSA) is 146 Å². The number of ketones is 1. The molecule has 0 aromatic heterocycles. The zero-order valence-electron chi connectivity index (χ0n) is 27.9. The van der Waals surface area contributed by atoms with Crippen LogP contribution in [0.4, 0.5) is 0 Å². The van der Waals surface area contributed by atoms with Crippen molar-refractivity contribution in [1.29, 1.82) is 0 Å². The number of phenols is 5. The Balaban J connectivity index is 1.61. The number of hydrogen-bond donors (Lipinski definition) is 5. The third-order valence-corrected chi connectivity index (χ3v) is 9.31. The minimum Gasteiger partial charge on any atom is -0.508 e. The monoisotopic (exact) mass is 664 g/mol. The Bertz CT molecular complexity index is 1950. The van der Waals surface area contributed by atoms with Gasteiger partial charge < -0.3 is 39.7 Å². The molecule has 0 amide bonds. The Morgan fingerprint density at radius 2 is 1.55 bits per heavy atom. The van der Waals surface area contributed by atoms with Crippen molar-refractivity contribution in [2.45, 2.75) is 58.2 Å². The SMILES string of the molecule is C=C(C)[C@H](CC=C(C)C)Cc1c2c(c(O)c3c1O[C@@H](c1ccc(O)cc1)[C@H]3c1cc(O)cc(O)c1)C(=O)C[C@@H](c1ccc(O)cc1OC)O2. The van der Waals surface area contributed by atoms with E-state index in [1.54, 1.807) is 18.2 Å². The minimum atomic E-state index is -0.791. The van der Waals surface area contributed by atoms with E-state index in [1.807, 2.05) is 20.8 Å². The number of hydrogen-bond acceptors (Lipinski definition) is 9. The summed E-state index contributed by atoms with van der Waals surface area (Å²) in [5.41, 5.74) is 4.65. The molecule has 6 rings (SSSR count). The lowest BCUT2D eigenvalue weighted by Crippen LogP contribution is -2.23. The highest BCUT2D eigenvalue weighted by Gasteiger charge is 2.46. The van der Waals surface area contributed by atoms with Crippen molar-refractivity contribution in [3.05, 3.63) is 118 Å². The van der Waals surface area contributed by atoms with E-state index in [4.69, 9.17) is 14.2 Å². The highest BCUT2D eigenvalue weighted by Crippen LogP contribution is 2.60. The van der Waals surface area contributed by atoms with Crippen molar-refractivity contribution in [3.8, 4) is 46.0 Å². The van der Waals surface area contributed by atoms with E-state index in [1.165, 1.54) is 49.6 Å². The zero-order valence-corrected chi connectivity index (χ0v) is 27.9. The summed E-state index contributed by atoms with van der Waals surface area (Å²) in [6.07, 6.45) is 1.46. The van der Waals surface area contributed by atoms with E-state index >= 15 is 0 Å². The molecule has 0 fully saturated rings. The maximum absolute atomic E-state index is 14.2. The number of ether oxygens (including phenoxy) is 3. The largest absolute Gasteiger partial charge is 0.508 e. The molecular formula is C40H40O9. The van der Waals surface area contributed by atoms with Gasteiger partial charge in [-0.2, -0.15) is 0 Å². The molecular weight excluding hydrogens is 624 g/mol. The van der Waals surface area contributed by atoms with Crippen LogP contribution in [0.2, 0.25) is 0 Å². The summed E-state index contributed by atoms with van der Waals surface area (Å²) in [6.45, 7) is 10.3. The number of Topliss-reactive ketones (excluding diaryl/α,β-unsaturated/α-hetero) is 1. The predicted octanol–water partition coefficient (Wildman–Crippen LogP) is 8.29. The summed E-state index contributed by atoms with van der Waals surface area (Å²) in [7, 11) is 1.47. The number of rotatable bonds is 9. The maximum Gasteiger partial charge on any atom is 0.174 e. The maximum atomic E-state index is 14.2. The van der Waals surface area contributed by atoms with Gasteiger partial charge in [0.1, 0.15) is 63.8 Å². The van der Waals surface area contributed by atoms with Crippen LogP contribution in [0.5, 0.6) is 46.0 Å². The zero-order chi connectivity index (χ0) is 35.1. The second kappa shape index (κ2) is 13.1. The first kappa shape index (κ1) is 33.3. The fourth-order valence-corrected chi connectivity index (χ4v) is 6.85. The molecule has 0 aliphatic carbocycles. The van der Waals surface area contributed by atoms with Gasteiger partial charge in [0, 0.05) is 28.8 Å². The fraction of sp³-hybridized carbons (Fsp3) is 0.275. The predicted molar refractivity (Wildman–Crippen MR) is 184 cm³/mol. The quantitative estimate of drug-likeness (QED) is 0.112. The molecule has 9 nitrogen and oxygen atoms in total. The molecule has 2 aliphatic heterocycles. The Morgan fingerprint density at radius 3 is 2.18 bits per heavy atom. The minimum absolute atomic E-state index is 0.000520. The summed E-state index contributed by atoms with van der Waals surface area (Å²) in [6, 6.07) is 15.3. The second-order valence-electron chi connectivity index (χ2n) is 13.1. The number of benzene rings is 4. The van der Waals surface area contributed by atoms with E-state index in [0.29, 0.717) is 52.2 Å². The second-order valence-corrected chi connectivity index (χ2v) is 13.1. The standard InChI is InChI=1S/C40H40O9/c1-20(2)6-7-23(21(3)4)16-30-39-35(31(45)19-33(48-39)29-13-12-26(42)18-32(29)47-5)37(46)36-34(24-14-27(43)17-28(44)15-24)38(49-40(30)36)22-8-10-25(41)11-9-22/h6,8-15,17-18,23,33-34,38,41-44,46H,3,7,16,19H2,1-2,4-5H3/t23-,33+,34+,38+/m1/s1. The van der Waals surface area contributed by atoms with Gasteiger partial charge in [0.25, 0.3) is 0 Å². The highest BCUT2D eigenvalue weighted by atomic mass is 16.5. The van der Waals surface area contributed by atoms with Crippen molar-refractivity contribution in [1.82, 2.24) is 0 Å². The molecule has 9 heteroatoms. The molecule has 0 saturated heterocycles. The summed E-state index contributed by atoms with van der Waals surface area (Å²) in [5.74, 6) is -0.950. The molecule has 4 atom stereocenters. The van der Waals surface area contributed by atoms with Gasteiger partial charge in [-0.25, -0.2) is 0 Å². The number of methoxy groups -OCH3 is 1. The molecule has 4 aromatic carbocycles. The van der Waals surface area contributed by atoms with E-state index in [-0.39, 0.29) is 58.2 Å². The molecule has 4 aromatic rings. The lowest BCUT2D eigenvalue weighted by atomic mass is 9.80. The third-order valence-electron chi connectivity index (χ3n) is 9.31. The average Bonchev–Trinajstić information content (AvgIpc) is 3.44. The molecule has 5 N–H and O–H groups in total. The normalized spacial score (nSPS) is 18.4. The fourth-order valence-electron chi connectivity index (χ4n) is 6.85. The molecule has 0 unspecified atom stereocenters. The van der Waals surface area contributed by atoms with Gasteiger partial charge in [-0.05, 0) is 87.1 Å². The van der Waals surface area contributed by atoms with Crippen molar-refractivity contribution >= 4 is 5.78 Å².